The molecule has 6 nitrogen and oxygen atoms in total. The Kier molecular flexibility index (Phi) is 3.47. The van der Waals surface area contributed by atoms with Gasteiger partial charge in [-0.25, -0.2) is 9.98 Å². The molecular formula is C14H13N3O3. The molecule has 3 aliphatic rings. The average molecular weight is 271 g/mol. The molecule has 1 fully saturated rings. The highest BCUT2D eigenvalue weighted by atomic mass is 16.5. The van der Waals surface area contributed by atoms with E-state index in [-0.39, 0.29) is 24.3 Å². The van der Waals surface area contributed by atoms with Crippen LogP contribution in [0, 0.1) is 0 Å². The Morgan fingerprint density at radius 3 is 3.15 bits per heavy atom. The van der Waals surface area contributed by atoms with Gasteiger partial charge in [-0.1, -0.05) is 0 Å². The minimum atomic E-state index is -0.362. The number of hydrogen-bond acceptors (Lipinski definition) is 4. The fourth-order valence-electron chi connectivity index (χ4n) is 2.28. The van der Waals surface area contributed by atoms with Crippen molar-refractivity contribution < 1.29 is 14.3 Å². The van der Waals surface area contributed by atoms with Crippen LogP contribution in [0.1, 0.15) is 19.3 Å². The standard InChI is InChI=1S/C14H13N3O3/c18-13(7-10-2-1-5-20-10)17-9-3-4-12-11(6-9)14(19)16-8-15-12/h3-4,6,8,10H,1-2,5,7H2. The predicted octanol–water partition coefficient (Wildman–Crippen LogP) is 1.03. The number of hydrogen-bond donors (Lipinski definition) is 0. The zero-order valence-electron chi connectivity index (χ0n) is 10.8. The van der Waals surface area contributed by atoms with Gasteiger partial charge in [0.25, 0.3) is 5.91 Å². The summed E-state index contributed by atoms with van der Waals surface area (Å²) in [4.78, 5) is 35.0. The molecule has 102 valence electrons. The SMILES string of the molecule is O=C(CC1CCCO1)N=C1C=CC2=NC=NC(=O)C2=C1. The van der Waals surface area contributed by atoms with Crippen LogP contribution >= 0.6 is 0 Å². The molecule has 0 aromatic heterocycles. The van der Waals surface area contributed by atoms with Crippen LogP contribution in [0.15, 0.2) is 38.8 Å². The summed E-state index contributed by atoms with van der Waals surface area (Å²) in [6, 6.07) is 0. The molecule has 0 saturated carbocycles. The Hall–Kier alpha value is -2.21. The maximum absolute atomic E-state index is 11.8. The summed E-state index contributed by atoms with van der Waals surface area (Å²) in [5, 5.41) is 0. The molecule has 2 amide bonds. The van der Waals surface area contributed by atoms with E-state index in [1.807, 2.05) is 0 Å². The van der Waals surface area contributed by atoms with Crippen LogP contribution in [0.25, 0.3) is 0 Å². The zero-order chi connectivity index (χ0) is 13.9. The fraction of sp³-hybridized carbons (Fsp3) is 0.357. The van der Waals surface area contributed by atoms with E-state index in [9.17, 15) is 9.59 Å². The van der Waals surface area contributed by atoms with Crippen molar-refractivity contribution in [2.45, 2.75) is 25.4 Å². The van der Waals surface area contributed by atoms with E-state index >= 15 is 0 Å². The quantitative estimate of drug-likeness (QED) is 0.703. The van der Waals surface area contributed by atoms with Crippen molar-refractivity contribution in [1.82, 2.24) is 0 Å². The molecule has 2 heterocycles. The Balaban J connectivity index is 1.73. The number of rotatable bonds is 2. The third-order valence-electron chi connectivity index (χ3n) is 3.26. The van der Waals surface area contributed by atoms with Gasteiger partial charge >= 0.3 is 0 Å². The van der Waals surface area contributed by atoms with Gasteiger partial charge in [-0.15, -0.1) is 0 Å². The highest BCUT2D eigenvalue weighted by Gasteiger charge is 2.21. The Bertz CT molecular complexity index is 605. The topological polar surface area (TPSA) is 80.4 Å². The summed E-state index contributed by atoms with van der Waals surface area (Å²) in [5.74, 6) is -0.598. The van der Waals surface area contributed by atoms with Crippen molar-refractivity contribution in [3.8, 4) is 0 Å². The van der Waals surface area contributed by atoms with E-state index in [0.29, 0.717) is 23.6 Å². The van der Waals surface area contributed by atoms with Gasteiger partial charge in [0.15, 0.2) is 0 Å². The van der Waals surface area contributed by atoms with Crippen molar-refractivity contribution in [3.05, 3.63) is 23.8 Å². The van der Waals surface area contributed by atoms with Crippen molar-refractivity contribution >= 4 is 29.6 Å². The number of ether oxygens (including phenoxy) is 1. The van der Waals surface area contributed by atoms with Gasteiger partial charge < -0.3 is 4.74 Å². The summed E-state index contributed by atoms with van der Waals surface area (Å²) >= 11 is 0. The molecule has 0 spiro atoms. The maximum atomic E-state index is 11.8. The summed E-state index contributed by atoms with van der Waals surface area (Å²) in [6.07, 6.45) is 8.26. The molecule has 0 N–H and O–H groups in total. The van der Waals surface area contributed by atoms with E-state index in [0.717, 1.165) is 12.8 Å². The first kappa shape index (κ1) is 12.8. The van der Waals surface area contributed by atoms with Crippen LogP contribution in [0.4, 0.5) is 0 Å². The van der Waals surface area contributed by atoms with Crippen molar-refractivity contribution in [3.63, 3.8) is 0 Å². The second-order valence-electron chi connectivity index (χ2n) is 4.72. The molecular weight excluding hydrogens is 258 g/mol. The largest absolute Gasteiger partial charge is 0.378 e. The molecule has 1 saturated heterocycles. The molecule has 6 heteroatoms. The molecule has 0 aromatic rings. The van der Waals surface area contributed by atoms with Gasteiger partial charge in [-0.2, -0.15) is 4.99 Å². The maximum Gasteiger partial charge on any atom is 0.280 e. The average Bonchev–Trinajstić information content (AvgIpc) is 2.92. The van der Waals surface area contributed by atoms with Gasteiger partial charge in [0, 0.05) is 6.61 Å². The highest BCUT2D eigenvalue weighted by molar-refractivity contribution is 6.36. The lowest BCUT2D eigenvalue weighted by Gasteiger charge is -2.11. The summed E-state index contributed by atoms with van der Waals surface area (Å²) < 4.78 is 5.40. The Morgan fingerprint density at radius 1 is 1.45 bits per heavy atom. The smallest absolute Gasteiger partial charge is 0.280 e. The van der Waals surface area contributed by atoms with Crippen LogP contribution in [0.5, 0.6) is 0 Å². The van der Waals surface area contributed by atoms with E-state index in [1.54, 1.807) is 18.2 Å². The summed E-state index contributed by atoms with van der Waals surface area (Å²) in [5.41, 5.74) is 1.38. The van der Waals surface area contributed by atoms with Gasteiger partial charge in [-0.05, 0) is 31.1 Å². The molecule has 2 aliphatic heterocycles. The monoisotopic (exact) mass is 271 g/mol. The summed E-state index contributed by atoms with van der Waals surface area (Å²) in [6.45, 7) is 0.713. The number of fused-ring (bicyclic) bond motifs is 1. The van der Waals surface area contributed by atoms with E-state index in [1.165, 1.54) is 6.34 Å². The zero-order valence-corrected chi connectivity index (χ0v) is 10.8. The number of aliphatic imine (C=N–C) groups is 3. The van der Waals surface area contributed by atoms with Crippen molar-refractivity contribution in [2.75, 3.05) is 6.61 Å². The normalized spacial score (nSPS) is 26.5. The lowest BCUT2D eigenvalue weighted by Crippen LogP contribution is -2.19. The Labute approximate surface area is 115 Å². The number of carbonyl (C=O) groups is 2. The van der Waals surface area contributed by atoms with Crippen LogP contribution in [-0.4, -0.2) is 42.3 Å². The molecule has 1 aliphatic carbocycles. The van der Waals surface area contributed by atoms with Crippen LogP contribution in [0.2, 0.25) is 0 Å². The third-order valence-corrected chi connectivity index (χ3v) is 3.26. The number of carbonyl (C=O) groups excluding carboxylic acids is 2. The molecule has 0 aromatic carbocycles. The minimum Gasteiger partial charge on any atom is -0.378 e. The van der Waals surface area contributed by atoms with Crippen LogP contribution in [-0.2, 0) is 14.3 Å². The fourth-order valence-corrected chi connectivity index (χ4v) is 2.28. The first-order valence-corrected chi connectivity index (χ1v) is 6.50. The predicted molar refractivity (Wildman–Crippen MR) is 74.2 cm³/mol. The lowest BCUT2D eigenvalue weighted by atomic mass is 10.0. The molecule has 3 rings (SSSR count). The third kappa shape index (κ3) is 2.70. The Morgan fingerprint density at radius 2 is 2.35 bits per heavy atom. The number of amides is 2. The van der Waals surface area contributed by atoms with Crippen LogP contribution in [0.3, 0.4) is 0 Å². The first-order chi connectivity index (χ1) is 9.72. The molecule has 1 atom stereocenters. The van der Waals surface area contributed by atoms with Gasteiger partial charge in [0.05, 0.1) is 29.5 Å². The summed E-state index contributed by atoms with van der Waals surface area (Å²) in [7, 11) is 0. The van der Waals surface area contributed by atoms with Gasteiger partial charge in [0.2, 0.25) is 5.91 Å². The van der Waals surface area contributed by atoms with E-state index in [4.69, 9.17) is 4.74 Å². The molecule has 0 radical (unpaired) electrons. The second kappa shape index (κ2) is 5.42. The highest BCUT2D eigenvalue weighted by Crippen LogP contribution is 2.17. The molecule has 0 bridgehead atoms. The molecule has 1 unspecified atom stereocenters. The molecule has 20 heavy (non-hydrogen) atoms. The number of allylic oxidation sites excluding steroid dienone is 3. The minimum absolute atomic E-state index is 0.0230. The van der Waals surface area contributed by atoms with Crippen molar-refractivity contribution in [1.29, 1.82) is 0 Å². The van der Waals surface area contributed by atoms with E-state index < -0.39 is 0 Å². The van der Waals surface area contributed by atoms with Gasteiger partial charge in [0.1, 0.15) is 6.34 Å². The van der Waals surface area contributed by atoms with Crippen molar-refractivity contribution in [2.24, 2.45) is 15.0 Å². The second-order valence-corrected chi connectivity index (χ2v) is 4.72. The van der Waals surface area contributed by atoms with Crippen LogP contribution < -0.4 is 0 Å². The lowest BCUT2D eigenvalue weighted by molar-refractivity contribution is -0.120. The van der Waals surface area contributed by atoms with E-state index in [2.05, 4.69) is 15.0 Å². The first-order valence-electron chi connectivity index (χ1n) is 6.50. The number of nitrogens with zero attached hydrogens (tertiary/aromatic N) is 3. The van der Waals surface area contributed by atoms with Gasteiger partial charge in [-0.3, -0.25) is 9.59 Å².